The highest BCUT2D eigenvalue weighted by Gasteiger charge is 2.05. The van der Waals surface area contributed by atoms with E-state index in [1.165, 1.54) is 24.3 Å². The Labute approximate surface area is 110 Å². The molecule has 0 saturated carbocycles. The maximum absolute atomic E-state index is 13.0. The van der Waals surface area contributed by atoms with Gasteiger partial charge in [-0.25, -0.2) is 9.82 Å². The van der Waals surface area contributed by atoms with E-state index in [1.54, 1.807) is 6.92 Å². The molecule has 19 heavy (non-hydrogen) atoms. The summed E-state index contributed by atoms with van der Waals surface area (Å²) in [6, 6.07) is 15.0. The maximum Gasteiger partial charge on any atom is 0.271 e. The smallest absolute Gasteiger partial charge is 0.267 e. The molecule has 96 valence electrons. The molecule has 0 unspecified atom stereocenters. The van der Waals surface area contributed by atoms with Crippen molar-refractivity contribution in [3.63, 3.8) is 0 Å². The summed E-state index contributed by atoms with van der Waals surface area (Å²) >= 11 is 0. The summed E-state index contributed by atoms with van der Waals surface area (Å²) in [6.45, 7) is 1.79. The van der Waals surface area contributed by atoms with Crippen LogP contribution >= 0.6 is 0 Å². The van der Waals surface area contributed by atoms with Crippen molar-refractivity contribution in [3.8, 4) is 0 Å². The summed E-state index contributed by atoms with van der Waals surface area (Å²) in [4.78, 5) is 11.7. The molecular weight excluding hydrogens is 243 g/mol. The molecule has 0 saturated heterocycles. The van der Waals surface area contributed by atoms with Gasteiger partial charge in [-0.1, -0.05) is 36.4 Å². The highest BCUT2D eigenvalue weighted by Crippen LogP contribution is 2.04. The summed E-state index contributed by atoms with van der Waals surface area (Å²) in [7, 11) is 0. The Hall–Kier alpha value is -2.49. The molecule has 2 rings (SSSR count). The van der Waals surface area contributed by atoms with Gasteiger partial charge in [0, 0.05) is 5.56 Å². The standard InChI is InChI=1S/C15H13FN2O/c1-11(12-6-3-2-4-7-12)17-18-15(19)13-8-5-9-14(16)10-13/h2-10H,1H3,(H,18,19). The second-order valence-electron chi connectivity index (χ2n) is 4.01. The number of carbonyl (C=O) groups excluding carboxylic acids is 1. The van der Waals surface area contributed by atoms with E-state index in [0.29, 0.717) is 5.71 Å². The van der Waals surface area contributed by atoms with Crippen molar-refractivity contribution < 1.29 is 9.18 Å². The zero-order chi connectivity index (χ0) is 13.7. The van der Waals surface area contributed by atoms with Crippen LogP contribution in [0.1, 0.15) is 22.8 Å². The molecule has 0 spiro atoms. The van der Waals surface area contributed by atoms with E-state index in [2.05, 4.69) is 10.5 Å². The van der Waals surface area contributed by atoms with Crippen LogP contribution in [0.5, 0.6) is 0 Å². The lowest BCUT2D eigenvalue weighted by Gasteiger charge is -2.03. The van der Waals surface area contributed by atoms with Gasteiger partial charge in [-0.2, -0.15) is 5.10 Å². The Balaban J connectivity index is 2.08. The van der Waals surface area contributed by atoms with E-state index in [-0.39, 0.29) is 5.56 Å². The second-order valence-corrected chi connectivity index (χ2v) is 4.01. The average molecular weight is 256 g/mol. The van der Waals surface area contributed by atoms with E-state index in [4.69, 9.17) is 0 Å². The van der Waals surface area contributed by atoms with Gasteiger partial charge in [-0.15, -0.1) is 0 Å². The van der Waals surface area contributed by atoms with Crippen molar-refractivity contribution in [2.24, 2.45) is 5.10 Å². The third kappa shape index (κ3) is 3.48. The maximum atomic E-state index is 13.0. The van der Waals surface area contributed by atoms with Crippen molar-refractivity contribution in [1.82, 2.24) is 5.43 Å². The molecule has 0 aliphatic carbocycles. The Kier molecular flexibility index (Phi) is 4.03. The molecule has 0 aliphatic rings. The van der Waals surface area contributed by atoms with Gasteiger partial charge in [0.1, 0.15) is 5.82 Å². The van der Waals surface area contributed by atoms with E-state index < -0.39 is 11.7 Å². The summed E-state index contributed by atoms with van der Waals surface area (Å²) < 4.78 is 13.0. The van der Waals surface area contributed by atoms with Crippen LogP contribution in [0.3, 0.4) is 0 Å². The molecule has 0 atom stereocenters. The van der Waals surface area contributed by atoms with Crippen LogP contribution in [0.25, 0.3) is 0 Å². The molecule has 0 fully saturated rings. The molecule has 3 nitrogen and oxygen atoms in total. The number of amides is 1. The van der Waals surface area contributed by atoms with Crippen molar-refractivity contribution in [1.29, 1.82) is 0 Å². The number of hydrogen-bond acceptors (Lipinski definition) is 2. The summed E-state index contributed by atoms with van der Waals surface area (Å²) in [5.41, 5.74) is 4.25. The number of halogens is 1. The topological polar surface area (TPSA) is 41.5 Å². The first kappa shape index (κ1) is 13.0. The predicted molar refractivity (Wildman–Crippen MR) is 72.5 cm³/mol. The van der Waals surface area contributed by atoms with Gasteiger partial charge in [0.25, 0.3) is 5.91 Å². The number of hydrogen-bond donors (Lipinski definition) is 1. The molecule has 2 aromatic carbocycles. The van der Waals surface area contributed by atoms with Gasteiger partial charge >= 0.3 is 0 Å². The predicted octanol–water partition coefficient (Wildman–Crippen LogP) is 2.98. The molecule has 0 heterocycles. The lowest BCUT2D eigenvalue weighted by Crippen LogP contribution is -2.19. The van der Waals surface area contributed by atoms with Crippen LogP contribution < -0.4 is 5.43 Å². The van der Waals surface area contributed by atoms with Crippen molar-refractivity contribution in [3.05, 3.63) is 71.5 Å². The van der Waals surface area contributed by atoms with Crippen molar-refractivity contribution in [2.75, 3.05) is 0 Å². The van der Waals surface area contributed by atoms with Crippen LogP contribution in [-0.4, -0.2) is 11.6 Å². The SMILES string of the molecule is CC(=NNC(=O)c1cccc(F)c1)c1ccccc1. The first-order valence-corrected chi connectivity index (χ1v) is 5.82. The molecule has 0 radical (unpaired) electrons. The van der Waals surface area contributed by atoms with Gasteiger partial charge in [0.15, 0.2) is 0 Å². The summed E-state index contributed by atoms with van der Waals surface area (Å²) in [5.74, 6) is -0.883. The molecule has 2 aromatic rings. The fourth-order valence-corrected chi connectivity index (χ4v) is 1.57. The zero-order valence-electron chi connectivity index (χ0n) is 10.4. The number of nitrogens with one attached hydrogen (secondary N) is 1. The quantitative estimate of drug-likeness (QED) is 0.665. The number of nitrogens with zero attached hydrogens (tertiary/aromatic N) is 1. The lowest BCUT2D eigenvalue weighted by molar-refractivity contribution is 0.0954. The third-order valence-electron chi connectivity index (χ3n) is 2.60. The van der Waals surface area contributed by atoms with Crippen LogP contribution in [-0.2, 0) is 0 Å². The number of rotatable bonds is 3. The number of hydrazone groups is 1. The first-order chi connectivity index (χ1) is 9.16. The Morgan fingerprint density at radius 3 is 2.42 bits per heavy atom. The minimum Gasteiger partial charge on any atom is -0.267 e. The molecule has 0 aromatic heterocycles. The Morgan fingerprint density at radius 1 is 1.05 bits per heavy atom. The lowest BCUT2D eigenvalue weighted by atomic mass is 10.1. The monoisotopic (exact) mass is 256 g/mol. The van der Waals surface area contributed by atoms with Crippen LogP contribution in [0.4, 0.5) is 4.39 Å². The molecule has 0 aliphatic heterocycles. The second kappa shape index (κ2) is 5.91. The van der Waals surface area contributed by atoms with Crippen molar-refractivity contribution in [2.45, 2.75) is 6.92 Å². The van der Waals surface area contributed by atoms with Gasteiger partial charge in [-0.05, 0) is 30.7 Å². The van der Waals surface area contributed by atoms with E-state index in [0.717, 1.165) is 5.56 Å². The van der Waals surface area contributed by atoms with Crippen LogP contribution in [0.15, 0.2) is 59.7 Å². The largest absolute Gasteiger partial charge is 0.271 e. The molecular formula is C15H13FN2O. The van der Waals surface area contributed by atoms with Gasteiger partial charge in [0.05, 0.1) is 5.71 Å². The fraction of sp³-hybridized carbons (Fsp3) is 0.0667. The highest BCUT2D eigenvalue weighted by atomic mass is 19.1. The van der Waals surface area contributed by atoms with E-state index in [1.807, 2.05) is 30.3 Å². The Bertz CT molecular complexity index is 609. The molecule has 1 N–H and O–H groups in total. The van der Waals surface area contributed by atoms with E-state index >= 15 is 0 Å². The molecule has 4 heteroatoms. The minimum absolute atomic E-state index is 0.240. The average Bonchev–Trinajstić information content (AvgIpc) is 2.45. The number of carbonyl (C=O) groups is 1. The van der Waals surface area contributed by atoms with Gasteiger partial charge in [0.2, 0.25) is 0 Å². The molecule has 1 amide bonds. The van der Waals surface area contributed by atoms with Crippen LogP contribution in [0, 0.1) is 5.82 Å². The summed E-state index contributed by atoms with van der Waals surface area (Å²) in [5, 5.41) is 4.00. The number of benzene rings is 2. The first-order valence-electron chi connectivity index (χ1n) is 5.82. The summed E-state index contributed by atoms with van der Waals surface area (Å²) in [6.07, 6.45) is 0. The van der Waals surface area contributed by atoms with E-state index in [9.17, 15) is 9.18 Å². The van der Waals surface area contributed by atoms with Gasteiger partial charge in [-0.3, -0.25) is 4.79 Å². The fourth-order valence-electron chi connectivity index (χ4n) is 1.57. The Morgan fingerprint density at radius 2 is 1.74 bits per heavy atom. The zero-order valence-corrected chi connectivity index (χ0v) is 10.4. The third-order valence-corrected chi connectivity index (χ3v) is 2.60. The molecule has 0 bridgehead atoms. The normalized spacial score (nSPS) is 11.2. The van der Waals surface area contributed by atoms with Gasteiger partial charge < -0.3 is 0 Å². The van der Waals surface area contributed by atoms with Crippen LogP contribution in [0.2, 0.25) is 0 Å². The van der Waals surface area contributed by atoms with Crippen molar-refractivity contribution >= 4 is 11.6 Å². The highest BCUT2D eigenvalue weighted by molar-refractivity contribution is 6.00. The minimum atomic E-state index is -0.448.